The van der Waals surface area contributed by atoms with Gasteiger partial charge in [-0.1, -0.05) is 40.2 Å². The van der Waals surface area contributed by atoms with Crippen LogP contribution >= 0.6 is 15.9 Å². The zero-order valence-electron chi connectivity index (χ0n) is 11.6. The van der Waals surface area contributed by atoms with Gasteiger partial charge < -0.3 is 10.6 Å². The fourth-order valence-corrected chi connectivity index (χ4v) is 2.82. The third-order valence-corrected chi connectivity index (χ3v) is 3.97. The predicted molar refractivity (Wildman–Crippen MR) is 85.3 cm³/mol. The molecular weight excluding hydrogens is 319 g/mol. The summed E-state index contributed by atoms with van der Waals surface area (Å²) in [5.74, 6) is -0.175. The van der Waals surface area contributed by atoms with Crippen molar-refractivity contribution in [1.82, 2.24) is 0 Å². The van der Waals surface area contributed by atoms with Crippen LogP contribution in [-0.4, -0.2) is 7.05 Å². The van der Waals surface area contributed by atoms with E-state index in [9.17, 15) is 4.39 Å². The summed E-state index contributed by atoms with van der Waals surface area (Å²) in [5.41, 5.74) is 8.65. The second-order valence-corrected chi connectivity index (χ2v) is 5.80. The number of benzene rings is 2. The molecule has 0 aromatic heterocycles. The van der Waals surface area contributed by atoms with Crippen LogP contribution in [0.5, 0.6) is 0 Å². The van der Waals surface area contributed by atoms with Crippen molar-refractivity contribution in [3.63, 3.8) is 0 Å². The molecule has 2 nitrogen and oxygen atoms in total. The molecule has 0 aliphatic rings. The minimum atomic E-state index is -0.175. The van der Waals surface area contributed by atoms with Crippen molar-refractivity contribution >= 4 is 21.6 Å². The quantitative estimate of drug-likeness (QED) is 0.904. The van der Waals surface area contributed by atoms with Gasteiger partial charge in [-0.05, 0) is 30.7 Å². The topological polar surface area (TPSA) is 29.3 Å². The zero-order valence-corrected chi connectivity index (χ0v) is 13.2. The molecule has 0 aliphatic carbocycles. The minimum Gasteiger partial charge on any atom is -0.370 e. The fraction of sp³-hybridized carbons (Fsp3) is 0.250. The first-order valence-electron chi connectivity index (χ1n) is 6.48. The Morgan fingerprint density at radius 3 is 2.55 bits per heavy atom. The fourth-order valence-electron chi connectivity index (χ4n) is 2.10. The summed E-state index contributed by atoms with van der Waals surface area (Å²) in [6.45, 7) is 2.47. The van der Waals surface area contributed by atoms with Crippen LogP contribution in [0.4, 0.5) is 10.1 Å². The highest BCUT2D eigenvalue weighted by Gasteiger charge is 2.10. The summed E-state index contributed by atoms with van der Waals surface area (Å²) in [6, 6.07) is 12.8. The molecule has 0 radical (unpaired) electrons. The first-order valence-corrected chi connectivity index (χ1v) is 7.28. The average Bonchev–Trinajstić information content (AvgIpc) is 2.40. The molecule has 2 aromatic rings. The van der Waals surface area contributed by atoms with E-state index in [4.69, 9.17) is 5.73 Å². The Hall–Kier alpha value is -1.39. The van der Waals surface area contributed by atoms with E-state index in [1.54, 1.807) is 12.1 Å². The van der Waals surface area contributed by atoms with Crippen LogP contribution in [0, 0.1) is 5.82 Å². The van der Waals surface area contributed by atoms with Gasteiger partial charge in [-0.15, -0.1) is 0 Å². The van der Waals surface area contributed by atoms with Crippen LogP contribution in [0.15, 0.2) is 46.9 Å². The van der Waals surface area contributed by atoms with Gasteiger partial charge in [0.15, 0.2) is 0 Å². The van der Waals surface area contributed by atoms with Crippen LogP contribution in [0.25, 0.3) is 0 Å². The Kier molecular flexibility index (Phi) is 4.78. The van der Waals surface area contributed by atoms with Gasteiger partial charge in [-0.25, -0.2) is 4.39 Å². The van der Waals surface area contributed by atoms with Crippen molar-refractivity contribution in [1.29, 1.82) is 0 Å². The summed E-state index contributed by atoms with van der Waals surface area (Å²) in [5, 5.41) is 0. The Labute approximate surface area is 127 Å². The van der Waals surface area contributed by atoms with E-state index in [2.05, 4.69) is 15.9 Å². The molecular formula is C16H18BrFN2. The van der Waals surface area contributed by atoms with Crippen molar-refractivity contribution in [2.24, 2.45) is 5.73 Å². The molecule has 0 saturated heterocycles. The number of nitrogens with two attached hydrogens (primary N) is 1. The molecule has 2 rings (SSSR count). The molecule has 0 amide bonds. The average molecular weight is 337 g/mol. The number of hydrogen-bond acceptors (Lipinski definition) is 2. The highest BCUT2D eigenvalue weighted by Crippen LogP contribution is 2.27. The Bertz CT molecular complexity index is 599. The number of hydrogen-bond donors (Lipinski definition) is 1. The number of anilines is 1. The van der Waals surface area contributed by atoms with E-state index in [1.165, 1.54) is 6.07 Å². The number of halogens is 2. The maximum absolute atomic E-state index is 13.7. The van der Waals surface area contributed by atoms with Gasteiger partial charge >= 0.3 is 0 Å². The van der Waals surface area contributed by atoms with E-state index in [0.717, 1.165) is 15.7 Å². The van der Waals surface area contributed by atoms with Crippen molar-refractivity contribution < 1.29 is 4.39 Å². The largest absolute Gasteiger partial charge is 0.370 e. The van der Waals surface area contributed by atoms with Crippen molar-refractivity contribution in [3.8, 4) is 0 Å². The number of rotatable bonds is 4. The maximum atomic E-state index is 13.7. The summed E-state index contributed by atoms with van der Waals surface area (Å²) in [4.78, 5) is 2.01. The van der Waals surface area contributed by atoms with Crippen LogP contribution in [0.1, 0.15) is 24.1 Å². The second kappa shape index (κ2) is 6.37. The smallest absolute Gasteiger partial charge is 0.128 e. The highest BCUT2D eigenvalue weighted by atomic mass is 79.9. The lowest BCUT2D eigenvalue weighted by molar-refractivity contribution is 0.608. The summed E-state index contributed by atoms with van der Waals surface area (Å²) in [7, 11) is 1.94. The second-order valence-electron chi connectivity index (χ2n) is 4.94. The summed E-state index contributed by atoms with van der Waals surface area (Å²) in [6.07, 6.45) is 0. The molecule has 0 spiro atoms. The molecule has 106 valence electrons. The zero-order chi connectivity index (χ0) is 14.7. The van der Waals surface area contributed by atoms with Gasteiger partial charge in [0.1, 0.15) is 5.82 Å². The molecule has 20 heavy (non-hydrogen) atoms. The van der Waals surface area contributed by atoms with E-state index >= 15 is 0 Å². The molecule has 0 unspecified atom stereocenters. The van der Waals surface area contributed by atoms with Gasteiger partial charge in [0.2, 0.25) is 0 Å². The molecule has 0 aliphatic heterocycles. The molecule has 0 heterocycles. The molecule has 4 heteroatoms. The molecule has 1 atom stereocenters. The lowest BCUT2D eigenvalue weighted by Gasteiger charge is -2.21. The monoisotopic (exact) mass is 336 g/mol. The Morgan fingerprint density at radius 1 is 1.25 bits per heavy atom. The molecule has 2 aromatic carbocycles. The van der Waals surface area contributed by atoms with Gasteiger partial charge in [0.05, 0.1) is 0 Å². The Balaban J connectivity index is 2.20. The standard InChI is InChI=1S/C16H18BrFN2/c1-11(19)14-8-7-13(9-15(14)17)20(2)10-12-5-3-4-6-16(12)18/h3-9,11H,10,19H2,1-2H3/t11-/m0/s1. The number of nitrogens with zero attached hydrogens (tertiary/aromatic N) is 1. The van der Waals surface area contributed by atoms with Gasteiger partial charge in [0.25, 0.3) is 0 Å². The van der Waals surface area contributed by atoms with Crippen LogP contribution in [-0.2, 0) is 6.54 Å². The normalized spacial score (nSPS) is 12.2. The third kappa shape index (κ3) is 3.38. The van der Waals surface area contributed by atoms with Crippen molar-refractivity contribution in [2.75, 3.05) is 11.9 Å². The SMILES string of the molecule is C[C@H](N)c1ccc(N(C)Cc2ccccc2F)cc1Br. The van der Waals surface area contributed by atoms with Gasteiger partial charge in [-0.3, -0.25) is 0 Å². The van der Waals surface area contributed by atoms with E-state index in [-0.39, 0.29) is 11.9 Å². The Morgan fingerprint density at radius 2 is 1.95 bits per heavy atom. The highest BCUT2D eigenvalue weighted by molar-refractivity contribution is 9.10. The van der Waals surface area contributed by atoms with Crippen molar-refractivity contribution in [2.45, 2.75) is 19.5 Å². The van der Waals surface area contributed by atoms with Gasteiger partial charge in [0, 0.05) is 35.4 Å². The first kappa shape index (κ1) is 15.0. The lowest BCUT2D eigenvalue weighted by atomic mass is 10.1. The van der Waals surface area contributed by atoms with Crippen LogP contribution < -0.4 is 10.6 Å². The third-order valence-electron chi connectivity index (χ3n) is 3.28. The van der Waals surface area contributed by atoms with Gasteiger partial charge in [-0.2, -0.15) is 0 Å². The van der Waals surface area contributed by atoms with E-state index in [1.807, 2.05) is 43.1 Å². The van der Waals surface area contributed by atoms with Crippen molar-refractivity contribution in [3.05, 3.63) is 63.9 Å². The minimum absolute atomic E-state index is 0.0182. The summed E-state index contributed by atoms with van der Waals surface area (Å²) < 4.78 is 14.6. The first-order chi connectivity index (χ1) is 9.49. The lowest BCUT2D eigenvalue weighted by Crippen LogP contribution is -2.17. The predicted octanol–water partition coefficient (Wildman–Crippen LogP) is 4.24. The summed E-state index contributed by atoms with van der Waals surface area (Å²) >= 11 is 3.54. The van der Waals surface area contributed by atoms with Crippen LogP contribution in [0.3, 0.4) is 0 Å². The molecule has 0 bridgehead atoms. The van der Waals surface area contributed by atoms with E-state index < -0.39 is 0 Å². The maximum Gasteiger partial charge on any atom is 0.128 e. The van der Waals surface area contributed by atoms with E-state index in [0.29, 0.717) is 12.1 Å². The molecule has 0 saturated carbocycles. The molecule has 0 fully saturated rings. The van der Waals surface area contributed by atoms with Crippen LogP contribution in [0.2, 0.25) is 0 Å². The molecule has 2 N–H and O–H groups in total.